The predicted molar refractivity (Wildman–Crippen MR) is 88.9 cm³/mol. The van der Waals surface area contributed by atoms with Gasteiger partial charge in [0, 0.05) is 7.11 Å². The van der Waals surface area contributed by atoms with Crippen molar-refractivity contribution in [3.63, 3.8) is 0 Å². The summed E-state index contributed by atoms with van der Waals surface area (Å²) in [6, 6.07) is 0.177. The molecule has 0 spiro atoms. The van der Waals surface area contributed by atoms with Gasteiger partial charge in [-0.3, -0.25) is 11.3 Å². The van der Waals surface area contributed by atoms with Gasteiger partial charge in [0.15, 0.2) is 0 Å². The first-order chi connectivity index (χ1) is 10.0. The molecular weight excluding hydrogens is 260 g/mol. The molecule has 1 fully saturated rings. The van der Waals surface area contributed by atoms with E-state index in [1.54, 1.807) is 0 Å². The first-order valence-corrected chi connectivity index (χ1v) is 8.73. The number of hydrogen-bond acceptors (Lipinski definition) is 3. The maximum absolute atomic E-state index is 6.07. The second kappa shape index (κ2) is 7.26. The standard InChI is InChI=1S/C18H34N2O/c1-17(2)11-13-18(21-3,14-12-17)16(20-19)15-9-7-5-4-6-8-10-15/h9,16,20H,4-8,10-14,19H2,1-3H3. The molecule has 1 saturated carbocycles. The lowest BCUT2D eigenvalue weighted by atomic mass is 9.67. The molecule has 1 unspecified atom stereocenters. The Morgan fingerprint density at radius 2 is 1.76 bits per heavy atom. The van der Waals surface area contributed by atoms with Crippen molar-refractivity contribution in [1.82, 2.24) is 5.43 Å². The Hall–Kier alpha value is -0.380. The number of allylic oxidation sites excluding steroid dienone is 1. The van der Waals surface area contributed by atoms with Gasteiger partial charge in [0.1, 0.15) is 0 Å². The van der Waals surface area contributed by atoms with Gasteiger partial charge < -0.3 is 4.74 Å². The van der Waals surface area contributed by atoms with Crippen molar-refractivity contribution in [2.45, 2.75) is 89.7 Å². The number of hydrogen-bond donors (Lipinski definition) is 2. The Kier molecular flexibility index (Phi) is 5.87. The van der Waals surface area contributed by atoms with Crippen LogP contribution < -0.4 is 11.3 Å². The van der Waals surface area contributed by atoms with E-state index in [0.717, 1.165) is 12.8 Å². The molecule has 21 heavy (non-hydrogen) atoms. The maximum atomic E-state index is 6.07. The molecule has 3 nitrogen and oxygen atoms in total. The van der Waals surface area contributed by atoms with E-state index in [4.69, 9.17) is 10.6 Å². The topological polar surface area (TPSA) is 47.3 Å². The molecule has 0 aromatic carbocycles. The van der Waals surface area contributed by atoms with Crippen molar-refractivity contribution in [2.75, 3.05) is 7.11 Å². The number of rotatable bonds is 4. The van der Waals surface area contributed by atoms with E-state index in [1.807, 2.05) is 7.11 Å². The molecule has 122 valence electrons. The molecule has 0 saturated heterocycles. The minimum Gasteiger partial charge on any atom is -0.376 e. The van der Waals surface area contributed by atoms with Gasteiger partial charge in [-0.1, -0.05) is 38.3 Å². The average molecular weight is 294 g/mol. The first-order valence-electron chi connectivity index (χ1n) is 8.73. The molecule has 0 bridgehead atoms. The minimum absolute atomic E-state index is 0.116. The summed E-state index contributed by atoms with van der Waals surface area (Å²) in [6.07, 6.45) is 14.7. The number of hydrazine groups is 1. The summed E-state index contributed by atoms with van der Waals surface area (Å²) >= 11 is 0. The zero-order valence-corrected chi connectivity index (χ0v) is 14.2. The van der Waals surface area contributed by atoms with Crippen molar-refractivity contribution in [1.29, 1.82) is 0 Å². The Labute approximate surface area is 130 Å². The smallest absolute Gasteiger partial charge is 0.0882 e. The minimum atomic E-state index is -0.116. The molecule has 3 N–H and O–H groups in total. The lowest BCUT2D eigenvalue weighted by Crippen LogP contribution is -2.57. The Bertz CT molecular complexity index is 352. The molecule has 0 aromatic heterocycles. The van der Waals surface area contributed by atoms with Crippen LogP contribution in [0.15, 0.2) is 11.6 Å². The van der Waals surface area contributed by atoms with Gasteiger partial charge in [-0.25, -0.2) is 0 Å². The van der Waals surface area contributed by atoms with Crippen LogP contribution >= 0.6 is 0 Å². The zero-order chi connectivity index (χ0) is 15.3. The van der Waals surface area contributed by atoms with Gasteiger partial charge in [0.2, 0.25) is 0 Å². The van der Waals surface area contributed by atoms with Crippen molar-refractivity contribution >= 4 is 0 Å². The normalized spacial score (nSPS) is 27.3. The monoisotopic (exact) mass is 294 g/mol. The lowest BCUT2D eigenvalue weighted by Gasteiger charge is -2.47. The predicted octanol–water partition coefficient (Wildman–Crippen LogP) is 4.08. The van der Waals surface area contributed by atoms with Crippen LogP contribution in [-0.4, -0.2) is 18.8 Å². The summed E-state index contributed by atoms with van der Waals surface area (Å²) in [5, 5.41) is 0. The molecule has 2 aliphatic rings. The van der Waals surface area contributed by atoms with Crippen LogP contribution in [0, 0.1) is 5.41 Å². The van der Waals surface area contributed by atoms with Crippen LogP contribution in [-0.2, 0) is 4.74 Å². The van der Waals surface area contributed by atoms with Crippen LogP contribution in [0.2, 0.25) is 0 Å². The molecule has 0 heterocycles. The van der Waals surface area contributed by atoms with Gasteiger partial charge >= 0.3 is 0 Å². The van der Waals surface area contributed by atoms with E-state index in [1.165, 1.54) is 56.9 Å². The summed E-state index contributed by atoms with van der Waals surface area (Å²) in [6.45, 7) is 4.74. The number of nitrogens with one attached hydrogen (secondary N) is 1. The number of ether oxygens (including phenoxy) is 1. The molecule has 1 atom stereocenters. The van der Waals surface area contributed by atoms with E-state index < -0.39 is 0 Å². The fourth-order valence-electron chi connectivity index (χ4n) is 4.04. The highest BCUT2D eigenvalue weighted by molar-refractivity contribution is 5.19. The fraction of sp³-hybridized carbons (Fsp3) is 0.889. The average Bonchev–Trinajstić information content (AvgIpc) is 2.43. The van der Waals surface area contributed by atoms with Crippen LogP contribution in [0.4, 0.5) is 0 Å². The van der Waals surface area contributed by atoms with Gasteiger partial charge in [0.25, 0.3) is 0 Å². The van der Waals surface area contributed by atoms with E-state index >= 15 is 0 Å². The maximum Gasteiger partial charge on any atom is 0.0882 e. The highest BCUT2D eigenvalue weighted by atomic mass is 16.5. The van der Waals surface area contributed by atoms with E-state index in [0.29, 0.717) is 5.41 Å². The van der Waals surface area contributed by atoms with Crippen LogP contribution in [0.1, 0.15) is 78.1 Å². The van der Waals surface area contributed by atoms with Crippen LogP contribution in [0.5, 0.6) is 0 Å². The number of nitrogens with two attached hydrogens (primary N) is 1. The Morgan fingerprint density at radius 1 is 1.10 bits per heavy atom. The summed E-state index contributed by atoms with van der Waals surface area (Å²) in [4.78, 5) is 0. The highest BCUT2D eigenvalue weighted by Gasteiger charge is 2.45. The van der Waals surface area contributed by atoms with Crippen LogP contribution in [0.3, 0.4) is 0 Å². The third-order valence-electron chi connectivity index (χ3n) is 5.75. The second-order valence-electron chi connectivity index (χ2n) is 7.76. The van der Waals surface area contributed by atoms with Crippen molar-refractivity contribution in [3.05, 3.63) is 11.6 Å². The molecule has 0 amide bonds. The summed E-state index contributed by atoms with van der Waals surface area (Å²) in [5.74, 6) is 5.98. The molecule has 0 radical (unpaired) electrons. The lowest BCUT2D eigenvalue weighted by molar-refractivity contribution is -0.0790. The van der Waals surface area contributed by atoms with E-state index in [2.05, 4.69) is 25.3 Å². The molecule has 2 aliphatic carbocycles. The van der Waals surface area contributed by atoms with Gasteiger partial charge in [-0.15, -0.1) is 0 Å². The fourth-order valence-corrected chi connectivity index (χ4v) is 4.04. The summed E-state index contributed by atoms with van der Waals surface area (Å²) in [7, 11) is 1.87. The van der Waals surface area contributed by atoms with E-state index in [-0.39, 0.29) is 11.6 Å². The zero-order valence-electron chi connectivity index (χ0n) is 14.2. The van der Waals surface area contributed by atoms with Crippen molar-refractivity contribution < 1.29 is 4.74 Å². The molecule has 0 aromatic rings. The third kappa shape index (κ3) is 4.08. The quantitative estimate of drug-likeness (QED) is 0.466. The molecular formula is C18H34N2O. The second-order valence-corrected chi connectivity index (χ2v) is 7.76. The summed E-state index contributed by atoms with van der Waals surface area (Å²) in [5.41, 5.74) is 4.93. The van der Waals surface area contributed by atoms with Crippen molar-refractivity contribution in [3.8, 4) is 0 Å². The largest absolute Gasteiger partial charge is 0.376 e. The molecule has 2 rings (SSSR count). The molecule has 0 aliphatic heterocycles. The Morgan fingerprint density at radius 3 is 2.38 bits per heavy atom. The van der Waals surface area contributed by atoms with E-state index in [9.17, 15) is 0 Å². The summed E-state index contributed by atoms with van der Waals surface area (Å²) < 4.78 is 6.07. The first kappa shape index (κ1) is 17.0. The van der Waals surface area contributed by atoms with Crippen molar-refractivity contribution in [2.24, 2.45) is 11.3 Å². The van der Waals surface area contributed by atoms with Crippen LogP contribution in [0.25, 0.3) is 0 Å². The molecule has 3 heteroatoms. The van der Waals surface area contributed by atoms with Gasteiger partial charge in [-0.05, 0) is 56.8 Å². The number of methoxy groups -OCH3 is 1. The highest BCUT2D eigenvalue weighted by Crippen LogP contribution is 2.45. The van der Waals surface area contributed by atoms with Gasteiger partial charge in [0.05, 0.1) is 11.6 Å². The third-order valence-corrected chi connectivity index (χ3v) is 5.75. The SMILES string of the molecule is COC1(C(NN)C2=CCCCCCC2)CCC(C)(C)CC1. The van der Waals surface area contributed by atoms with Gasteiger partial charge in [-0.2, -0.15) is 0 Å². The Balaban J connectivity index is 2.17.